The van der Waals surface area contributed by atoms with E-state index in [0.29, 0.717) is 12.5 Å². The number of benzene rings is 1. The van der Waals surface area contributed by atoms with Gasteiger partial charge in [0.15, 0.2) is 0 Å². The minimum absolute atomic E-state index is 0.0450. The average molecular weight is 291 g/mol. The summed E-state index contributed by atoms with van der Waals surface area (Å²) in [4.78, 5) is 23.4. The second-order valence-corrected chi connectivity index (χ2v) is 5.78. The van der Waals surface area contributed by atoms with E-state index >= 15 is 0 Å². The zero-order valence-corrected chi connectivity index (χ0v) is 13.5. The van der Waals surface area contributed by atoms with Crippen LogP contribution >= 0.6 is 0 Å². The molecule has 0 aliphatic heterocycles. The first-order valence-electron chi connectivity index (χ1n) is 7.19. The van der Waals surface area contributed by atoms with Gasteiger partial charge in [-0.1, -0.05) is 31.5 Å². The molecule has 0 aromatic heterocycles. The number of urea groups is 1. The molecule has 1 aromatic rings. The summed E-state index contributed by atoms with van der Waals surface area (Å²) < 4.78 is 0. The minimum atomic E-state index is -0.323. The van der Waals surface area contributed by atoms with Crippen molar-refractivity contribution in [2.24, 2.45) is 5.92 Å². The van der Waals surface area contributed by atoms with Crippen LogP contribution in [0.4, 0.5) is 10.5 Å². The third kappa shape index (κ3) is 5.85. The highest BCUT2D eigenvalue weighted by Crippen LogP contribution is 2.21. The summed E-state index contributed by atoms with van der Waals surface area (Å²) in [5, 5.41) is 8.09. The third-order valence-corrected chi connectivity index (χ3v) is 3.02. The predicted molar refractivity (Wildman–Crippen MR) is 85.5 cm³/mol. The van der Waals surface area contributed by atoms with E-state index in [1.807, 2.05) is 46.8 Å². The van der Waals surface area contributed by atoms with Crippen LogP contribution in [0.1, 0.15) is 30.5 Å². The van der Waals surface area contributed by atoms with Gasteiger partial charge in [0.2, 0.25) is 5.91 Å². The number of hydrogen-bond acceptors (Lipinski definition) is 2. The lowest BCUT2D eigenvalue weighted by Gasteiger charge is -2.13. The molecule has 0 spiro atoms. The Morgan fingerprint density at radius 2 is 1.62 bits per heavy atom. The monoisotopic (exact) mass is 291 g/mol. The lowest BCUT2D eigenvalue weighted by molar-refractivity contribution is -0.115. The van der Waals surface area contributed by atoms with Gasteiger partial charge in [0.05, 0.1) is 6.54 Å². The molecule has 0 atom stereocenters. The van der Waals surface area contributed by atoms with Gasteiger partial charge in [0.1, 0.15) is 0 Å². The molecule has 0 heterocycles. The highest BCUT2D eigenvalue weighted by Gasteiger charge is 2.09. The Morgan fingerprint density at radius 1 is 1.05 bits per heavy atom. The molecule has 0 unspecified atom stereocenters. The Balaban J connectivity index is 2.50. The summed E-state index contributed by atoms with van der Waals surface area (Å²) >= 11 is 0. The Morgan fingerprint density at radius 3 is 2.14 bits per heavy atom. The van der Waals surface area contributed by atoms with Crippen LogP contribution in [0, 0.1) is 26.7 Å². The second-order valence-electron chi connectivity index (χ2n) is 5.78. The smallest absolute Gasteiger partial charge is 0.315 e. The lowest BCUT2D eigenvalue weighted by Crippen LogP contribution is -2.41. The van der Waals surface area contributed by atoms with Crippen LogP contribution in [0.5, 0.6) is 0 Å². The van der Waals surface area contributed by atoms with Gasteiger partial charge in [-0.25, -0.2) is 4.79 Å². The number of nitrogens with one attached hydrogen (secondary N) is 3. The molecule has 0 fully saturated rings. The fourth-order valence-corrected chi connectivity index (χ4v) is 2.08. The molecule has 0 radical (unpaired) electrons. The molecular formula is C16H25N3O2. The van der Waals surface area contributed by atoms with Crippen LogP contribution in [0.2, 0.25) is 0 Å². The summed E-state index contributed by atoms with van der Waals surface area (Å²) in [5.41, 5.74) is 4.01. The molecule has 3 amide bonds. The summed E-state index contributed by atoms with van der Waals surface area (Å²) in [7, 11) is 0. The number of amides is 3. The molecule has 1 aromatic carbocycles. The first-order chi connectivity index (χ1) is 9.79. The van der Waals surface area contributed by atoms with E-state index in [1.54, 1.807) is 0 Å². The standard InChI is InChI=1S/C16H25N3O2/c1-10(2)8-17-16(21)18-9-14(20)19-15-12(4)6-11(3)7-13(15)5/h6-7,10H,8-9H2,1-5H3,(H,19,20)(H2,17,18,21). The van der Waals surface area contributed by atoms with Crippen molar-refractivity contribution in [1.29, 1.82) is 0 Å². The molecule has 116 valence electrons. The Labute approximate surface area is 126 Å². The molecule has 0 aliphatic rings. The van der Waals surface area contributed by atoms with Gasteiger partial charge in [0.25, 0.3) is 0 Å². The molecule has 5 heteroatoms. The zero-order valence-electron chi connectivity index (χ0n) is 13.5. The molecule has 0 saturated heterocycles. The van der Waals surface area contributed by atoms with Crippen molar-refractivity contribution in [2.45, 2.75) is 34.6 Å². The van der Waals surface area contributed by atoms with Gasteiger partial charge < -0.3 is 16.0 Å². The summed E-state index contributed by atoms with van der Waals surface area (Å²) in [6.45, 7) is 10.5. The van der Waals surface area contributed by atoms with Crippen LogP contribution in [0.3, 0.4) is 0 Å². The van der Waals surface area contributed by atoms with Crippen LogP contribution in [-0.2, 0) is 4.79 Å². The van der Waals surface area contributed by atoms with E-state index in [2.05, 4.69) is 16.0 Å². The van der Waals surface area contributed by atoms with E-state index in [0.717, 1.165) is 22.4 Å². The SMILES string of the molecule is Cc1cc(C)c(NC(=O)CNC(=O)NCC(C)C)c(C)c1. The number of carbonyl (C=O) groups excluding carboxylic acids is 2. The maximum Gasteiger partial charge on any atom is 0.315 e. The zero-order chi connectivity index (χ0) is 16.0. The molecule has 3 N–H and O–H groups in total. The third-order valence-electron chi connectivity index (χ3n) is 3.02. The fraction of sp³-hybridized carbons (Fsp3) is 0.500. The highest BCUT2D eigenvalue weighted by atomic mass is 16.2. The number of hydrogen-bond donors (Lipinski definition) is 3. The quantitative estimate of drug-likeness (QED) is 0.780. The fourth-order valence-electron chi connectivity index (χ4n) is 2.08. The molecule has 0 bridgehead atoms. The number of anilines is 1. The number of aryl methyl sites for hydroxylation is 3. The number of rotatable bonds is 5. The first kappa shape index (κ1) is 17.0. The molecule has 5 nitrogen and oxygen atoms in total. The van der Waals surface area contributed by atoms with E-state index in [-0.39, 0.29) is 18.5 Å². The minimum Gasteiger partial charge on any atom is -0.338 e. The first-order valence-corrected chi connectivity index (χ1v) is 7.19. The van der Waals surface area contributed by atoms with Crippen LogP contribution in [-0.4, -0.2) is 25.0 Å². The summed E-state index contributed by atoms with van der Waals surface area (Å²) in [6, 6.07) is 3.72. The van der Waals surface area contributed by atoms with Crippen molar-refractivity contribution in [1.82, 2.24) is 10.6 Å². The van der Waals surface area contributed by atoms with Crippen LogP contribution < -0.4 is 16.0 Å². The molecule has 0 saturated carbocycles. The summed E-state index contributed by atoms with van der Waals surface area (Å²) in [6.07, 6.45) is 0. The van der Waals surface area contributed by atoms with Crippen molar-refractivity contribution < 1.29 is 9.59 Å². The Hall–Kier alpha value is -2.04. The predicted octanol–water partition coefficient (Wildman–Crippen LogP) is 2.51. The maximum atomic E-state index is 11.9. The van der Waals surface area contributed by atoms with Crippen molar-refractivity contribution >= 4 is 17.6 Å². The number of carbonyl (C=O) groups is 2. The highest BCUT2D eigenvalue weighted by molar-refractivity contribution is 5.95. The van der Waals surface area contributed by atoms with Crippen LogP contribution in [0.15, 0.2) is 12.1 Å². The molecule has 1 rings (SSSR count). The largest absolute Gasteiger partial charge is 0.338 e. The molecule has 21 heavy (non-hydrogen) atoms. The van der Waals surface area contributed by atoms with Gasteiger partial charge in [0, 0.05) is 12.2 Å². The maximum absolute atomic E-state index is 11.9. The van der Waals surface area contributed by atoms with E-state index in [4.69, 9.17) is 0 Å². The van der Waals surface area contributed by atoms with Crippen molar-refractivity contribution in [3.05, 3.63) is 28.8 Å². The molecular weight excluding hydrogens is 266 g/mol. The lowest BCUT2D eigenvalue weighted by atomic mass is 10.1. The van der Waals surface area contributed by atoms with Gasteiger partial charge in [-0.2, -0.15) is 0 Å². The second kappa shape index (κ2) is 7.67. The van der Waals surface area contributed by atoms with Crippen molar-refractivity contribution in [3.63, 3.8) is 0 Å². The van der Waals surface area contributed by atoms with Gasteiger partial charge >= 0.3 is 6.03 Å². The average Bonchev–Trinajstić information content (AvgIpc) is 2.38. The van der Waals surface area contributed by atoms with Crippen molar-refractivity contribution in [2.75, 3.05) is 18.4 Å². The van der Waals surface area contributed by atoms with E-state index in [9.17, 15) is 9.59 Å². The Bertz CT molecular complexity index is 501. The topological polar surface area (TPSA) is 70.2 Å². The Kier molecular flexibility index (Phi) is 6.21. The van der Waals surface area contributed by atoms with Gasteiger partial charge in [-0.05, 0) is 37.8 Å². The van der Waals surface area contributed by atoms with Gasteiger partial charge in [-0.15, -0.1) is 0 Å². The normalized spacial score (nSPS) is 10.4. The van der Waals surface area contributed by atoms with Gasteiger partial charge in [-0.3, -0.25) is 4.79 Å². The van der Waals surface area contributed by atoms with E-state index in [1.165, 1.54) is 0 Å². The van der Waals surface area contributed by atoms with Crippen LogP contribution in [0.25, 0.3) is 0 Å². The molecule has 0 aliphatic carbocycles. The van der Waals surface area contributed by atoms with Crippen molar-refractivity contribution in [3.8, 4) is 0 Å². The van der Waals surface area contributed by atoms with E-state index < -0.39 is 0 Å². The summed E-state index contributed by atoms with van der Waals surface area (Å²) in [5.74, 6) is 0.146.